The van der Waals surface area contributed by atoms with Crippen molar-refractivity contribution < 1.29 is 0 Å². The van der Waals surface area contributed by atoms with Crippen molar-refractivity contribution in [2.24, 2.45) is 0 Å². The van der Waals surface area contributed by atoms with Gasteiger partial charge in [0.05, 0.1) is 5.56 Å². The van der Waals surface area contributed by atoms with Gasteiger partial charge in [-0.2, -0.15) is 5.26 Å². The zero-order chi connectivity index (χ0) is 8.97. The predicted octanol–water partition coefficient (Wildman–Crippen LogP) is 2.96. The average Bonchev–Trinajstić information content (AvgIpc) is 2.05. The molecule has 0 bridgehead atoms. The van der Waals surface area contributed by atoms with Gasteiger partial charge in [-0.3, -0.25) is 0 Å². The van der Waals surface area contributed by atoms with Crippen LogP contribution in [0.25, 0.3) is 0 Å². The largest absolute Gasteiger partial charge is 0.192 e. The van der Waals surface area contributed by atoms with Crippen molar-refractivity contribution in [2.75, 3.05) is 5.75 Å². The van der Waals surface area contributed by atoms with Crippen LogP contribution in [-0.2, 0) is 0 Å². The number of thioether (sulfide) groups is 1. The van der Waals surface area contributed by atoms with E-state index in [1.807, 2.05) is 18.2 Å². The van der Waals surface area contributed by atoms with Gasteiger partial charge in [-0.15, -0.1) is 24.4 Å². The van der Waals surface area contributed by atoms with E-state index >= 15 is 0 Å². The van der Waals surface area contributed by atoms with Gasteiger partial charge >= 0.3 is 0 Å². The van der Waals surface area contributed by atoms with Crippen molar-refractivity contribution in [3.8, 4) is 6.07 Å². The van der Waals surface area contributed by atoms with Crippen LogP contribution in [-0.4, -0.2) is 5.75 Å². The molecule has 12 heavy (non-hydrogen) atoms. The predicted molar refractivity (Wildman–Crippen MR) is 54.8 cm³/mol. The Kier molecular flexibility index (Phi) is 3.51. The first-order valence-corrected chi connectivity index (χ1v) is 5.07. The average molecular weight is 195 g/mol. The number of nitrogens with zero attached hydrogens (tertiary/aromatic N) is 1. The van der Waals surface area contributed by atoms with E-state index in [1.54, 1.807) is 11.8 Å². The monoisotopic (exact) mass is 195 g/mol. The zero-order valence-electron chi connectivity index (χ0n) is 6.74. The maximum atomic E-state index is 8.81. The van der Waals surface area contributed by atoms with Gasteiger partial charge in [-0.05, 0) is 17.9 Å². The molecule has 0 aliphatic carbocycles. The van der Waals surface area contributed by atoms with Crippen molar-refractivity contribution in [1.29, 1.82) is 5.26 Å². The highest BCUT2D eigenvalue weighted by molar-refractivity contribution is 7.99. The van der Waals surface area contributed by atoms with Crippen LogP contribution in [0.4, 0.5) is 0 Å². The smallest absolute Gasteiger partial charge is 0.101 e. The van der Waals surface area contributed by atoms with E-state index in [1.165, 1.54) is 0 Å². The Labute approximate surface area is 82.2 Å². The van der Waals surface area contributed by atoms with Crippen LogP contribution in [0.2, 0.25) is 0 Å². The van der Waals surface area contributed by atoms with E-state index in [2.05, 4.69) is 25.6 Å². The Morgan fingerprint density at radius 2 is 2.33 bits per heavy atom. The van der Waals surface area contributed by atoms with E-state index in [-0.39, 0.29) is 0 Å². The molecule has 0 aliphatic rings. The van der Waals surface area contributed by atoms with Crippen LogP contribution in [0.5, 0.6) is 0 Å². The number of benzene rings is 1. The van der Waals surface area contributed by atoms with Crippen molar-refractivity contribution >= 4 is 24.4 Å². The first-order chi connectivity index (χ1) is 5.79. The minimum Gasteiger partial charge on any atom is -0.192 e. The quantitative estimate of drug-likeness (QED) is 0.579. The van der Waals surface area contributed by atoms with Crippen molar-refractivity contribution in [1.82, 2.24) is 0 Å². The normalized spacial score (nSPS) is 9.42. The molecule has 0 fully saturated rings. The summed E-state index contributed by atoms with van der Waals surface area (Å²) in [7, 11) is 0. The SMILES string of the molecule is CCSc1cccc(S)c1C#N. The molecule has 62 valence electrons. The molecule has 0 atom stereocenters. The summed E-state index contributed by atoms with van der Waals surface area (Å²) in [5.41, 5.74) is 0.688. The molecule has 0 aliphatic heterocycles. The Hall–Kier alpha value is -0.590. The fourth-order valence-electron chi connectivity index (χ4n) is 0.908. The van der Waals surface area contributed by atoms with Crippen LogP contribution in [0.3, 0.4) is 0 Å². The Bertz CT molecular complexity index is 315. The molecule has 0 saturated carbocycles. The maximum Gasteiger partial charge on any atom is 0.101 e. The minimum atomic E-state index is 0.688. The third-order valence-electron chi connectivity index (χ3n) is 1.42. The van der Waals surface area contributed by atoms with Gasteiger partial charge in [0.25, 0.3) is 0 Å². The molecule has 0 heterocycles. The number of nitriles is 1. The van der Waals surface area contributed by atoms with Crippen molar-refractivity contribution in [3.63, 3.8) is 0 Å². The second-order valence-corrected chi connectivity index (χ2v) is 3.98. The molecule has 0 saturated heterocycles. The summed E-state index contributed by atoms with van der Waals surface area (Å²) in [6.07, 6.45) is 0. The molecule has 0 spiro atoms. The Morgan fingerprint density at radius 1 is 1.58 bits per heavy atom. The maximum absolute atomic E-state index is 8.81. The summed E-state index contributed by atoms with van der Waals surface area (Å²) < 4.78 is 0. The Balaban J connectivity index is 3.11. The summed E-state index contributed by atoms with van der Waals surface area (Å²) >= 11 is 5.87. The minimum absolute atomic E-state index is 0.688. The van der Waals surface area contributed by atoms with Crippen LogP contribution < -0.4 is 0 Å². The highest BCUT2D eigenvalue weighted by Gasteiger charge is 2.03. The standard InChI is InChI=1S/C9H9NS2/c1-2-12-9-5-3-4-8(11)7(9)6-10/h3-5,11H,2H2,1H3. The summed E-state index contributed by atoms with van der Waals surface area (Å²) in [5, 5.41) is 8.81. The van der Waals surface area contributed by atoms with Crippen LogP contribution in [0.1, 0.15) is 12.5 Å². The van der Waals surface area contributed by atoms with Crippen LogP contribution in [0, 0.1) is 11.3 Å². The lowest BCUT2D eigenvalue weighted by atomic mass is 10.2. The van der Waals surface area contributed by atoms with Gasteiger partial charge in [-0.25, -0.2) is 0 Å². The van der Waals surface area contributed by atoms with Gasteiger partial charge in [0.1, 0.15) is 6.07 Å². The van der Waals surface area contributed by atoms with Gasteiger partial charge in [-0.1, -0.05) is 13.0 Å². The van der Waals surface area contributed by atoms with E-state index in [0.29, 0.717) is 5.56 Å². The third kappa shape index (κ3) is 1.96. The molecule has 0 amide bonds. The second kappa shape index (κ2) is 4.44. The van der Waals surface area contributed by atoms with E-state index in [4.69, 9.17) is 5.26 Å². The van der Waals surface area contributed by atoms with E-state index in [9.17, 15) is 0 Å². The number of thiol groups is 1. The lowest BCUT2D eigenvalue weighted by molar-refractivity contribution is 1.26. The fourth-order valence-corrected chi connectivity index (χ4v) is 2.03. The molecule has 0 radical (unpaired) electrons. The number of hydrogen-bond donors (Lipinski definition) is 1. The molecular formula is C9H9NS2. The topological polar surface area (TPSA) is 23.8 Å². The Morgan fingerprint density at radius 3 is 2.92 bits per heavy atom. The molecule has 0 unspecified atom stereocenters. The molecule has 1 aromatic rings. The molecule has 1 nitrogen and oxygen atoms in total. The summed E-state index contributed by atoms with van der Waals surface area (Å²) in [5.74, 6) is 0.978. The second-order valence-electron chi connectivity index (χ2n) is 2.20. The van der Waals surface area contributed by atoms with Crippen molar-refractivity contribution in [3.05, 3.63) is 23.8 Å². The van der Waals surface area contributed by atoms with Crippen molar-refractivity contribution in [2.45, 2.75) is 16.7 Å². The van der Waals surface area contributed by atoms with Crippen LogP contribution >= 0.6 is 24.4 Å². The molecule has 0 aromatic heterocycles. The fraction of sp³-hybridized carbons (Fsp3) is 0.222. The lowest BCUT2D eigenvalue weighted by Gasteiger charge is -2.02. The highest BCUT2D eigenvalue weighted by atomic mass is 32.2. The van der Waals surface area contributed by atoms with Gasteiger partial charge in [0.15, 0.2) is 0 Å². The first-order valence-electron chi connectivity index (χ1n) is 3.64. The van der Waals surface area contributed by atoms with Crippen LogP contribution in [0.15, 0.2) is 28.0 Å². The zero-order valence-corrected chi connectivity index (χ0v) is 8.45. The molecule has 1 rings (SSSR count). The third-order valence-corrected chi connectivity index (χ3v) is 2.73. The summed E-state index contributed by atoms with van der Waals surface area (Å²) in [6, 6.07) is 7.85. The first kappa shape index (κ1) is 9.50. The van der Waals surface area contributed by atoms with Gasteiger partial charge in [0, 0.05) is 9.79 Å². The molecule has 0 N–H and O–H groups in total. The number of rotatable bonds is 2. The van der Waals surface area contributed by atoms with Gasteiger partial charge in [0.2, 0.25) is 0 Å². The van der Waals surface area contributed by atoms with Gasteiger partial charge < -0.3 is 0 Å². The summed E-state index contributed by atoms with van der Waals surface area (Å²) in [4.78, 5) is 1.78. The van der Waals surface area contributed by atoms with E-state index in [0.717, 1.165) is 15.5 Å². The lowest BCUT2D eigenvalue weighted by Crippen LogP contribution is -1.83. The number of hydrogen-bond acceptors (Lipinski definition) is 3. The van der Waals surface area contributed by atoms with E-state index < -0.39 is 0 Å². The summed E-state index contributed by atoms with van der Waals surface area (Å²) in [6.45, 7) is 2.07. The molecular weight excluding hydrogens is 186 g/mol. The molecule has 3 heteroatoms. The molecule has 1 aromatic carbocycles. The highest BCUT2D eigenvalue weighted by Crippen LogP contribution is 2.26.